The standard InChI is InChI=1S/C16H30N4O/c1-19-13-4-5-14(19)11-20(10-7-13)9-6-12-3-2-8-16(12,18)15(17)21/h12-14H,2-11,18H2,1H3,(H2,17,21). The summed E-state index contributed by atoms with van der Waals surface area (Å²) in [4.78, 5) is 16.8. The Kier molecular flexibility index (Phi) is 4.26. The van der Waals surface area contributed by atoms with E-state index in [1.54, 1.807) is 0 Å². The van der Waals surface area contributed by atoms with Crippen LogP contribution in [0.25, 0.3) is 0 Å². The minimum Gasteiger partial charge on any atom is -0.368 e. The molecule has 0 aromatic heterocycles. The topological polar surface area (TPSA) is 75.6 Å². The normalized spacial score (nSPS) is 41.3. The van der Waals surface area contributed by atoms with Gasteiger partial charge in [0.1, 0.15) is 0 Å². The van der Waals surface area contributed by atoms with Crippen LogP contribution in [0.4, 0.5) is 0 Å². The molecule has 2 aliphatic heterocycles. The highest BCUT2D eigenvalue weighted by molar-refractivity contribution is 5.85. The monoisotopic (exact) mass is 294 g/mol. The van der Waals surface area contributed by atoms with E-state index >= 15 is 0 Å². The van der Waals surface area contributed by atoms with E-state index in [1.165, 1.54) is 32.4 Å². The number of likely N-dealkylation sites (tertiary alicyclic amines) is 1. The van der Waals surface area contributed by atoms with Crippen LogP contribution in [-0.4, -0.2) is 60.0 Å². The first kappa shape index (κ1) is 15.3. The number of hydrogen-bond acceptors (Lipinski definition) is 4. The Morgan fingerprint density at radius 2 is 2.00 bits per heavy atom. The van der Waals surface area contributed by atoms with Gasteiger partial charge in [-0.2, -0.15) is 0 Å². The third-order valence-electron chi connectivity index (χ3n) is 6.36. The van der Waals surface area contributed by atoms with Gasteiger partial charge in [0, 0.05) is 18.6 Å². The molecule has 5 heteroatoms. The Balaban J connectivity index is 1.55. The van der Waals surface area contributed by atoms with Crippen LogP contribution in [0.2, 0.25) is 0 Å². The Hall–Kier alpha value is -0.650. The summed E-state index contributed by atoms with van der Waals surface area (Å²) in [7, 11) is 2.28. The highest BCUT2D eigenvalue weighted by Crippen LogP contribution is 2.36. The van der Waals surface area contributed by atoms with Gasteiger partial charge >= 0.3 is 0 Å². The van der Waals surface area contributed by atoms with Crippen molar-refractivity contribution < 1.29 is 4.79 Å². The van der Waals surface area contributed by atoms with Gasteiger partial charge in [0.25, 0.3) is 0 Å². The summed E-state index contributed by atoms with van der Waals surface area (Å²) in [6.45, 7) is 3.42. The zero-order valence-corrected chi connectivity index (χ0v) is 13.3. The third kappa shape index (κ3) is 2.83. The number of fused-ring (bicyclic) bond motifs is 2. The van der Waals surface area contributed by atoms with E-state index in [9.17, 15) is 4.79 Å². The molecule has 3 aliphatic rings. The van der Waals surface area contributed by atoms with E-state index in [1.807, 2.05) is 0 Å². The van der Waals surface area contributed by atoms with Crippen LogP contribution in [0.5, 0.6) is 0 Å². The lowest BCUT2D eigenvalue weighted by atomic mass is 9.85. The fourth-order valence-corrected chi connectivity index (χ4v) is 4.75. The molecular weight excluding hydrogens is 264 g/mol. The van der Waals surface area contributed by atoms with Crippen LogP contribution in [0.1, 0.15) is 44.9 Å². The lowest BCUT2D eigenvalue weighted by molar-refractivity contribution is -0.124. The Morgan fingerprint density at radius 1 is 1.24 bits per heavy atom. The third-order valence-corrected chi connectivity index (χ3v) is 6.36. The molecule has 4 atom stereocenters. The zero-order chi connectivity index (χ0) is 15.0. The molecule has 3 rings (SSSR count). The van der Waals surface area contributed by atoms with Gasteiger partial charge in [0.15, 0.2) is 0 Å². The van der Waals surface area contributed by atoms with Gasteiger partial charge in [0.05, 0.1) is 5.54 Å². The van der Waals surface area contributed by atoms with Crippen LogP contribution in [0.3, 0.4) is 0 Å². The average molecular weight is 294 g/mol. The molecule has 2 heterocycles. The molecule has 5 nitrogen and oxygen atoms in total. The summed E-state index contributed by atoms with van der Waals surface area (Å²) in [6, 6.07) is 1.51. The zero-order valence-electron chi connectivity index (χ0n) is 13.3. The summed E-state index contributed by atoms with van der Waals surface area (Å²) in [5.41, 5.74) is 11.1. The second kappa shape index (κ2) is 5.86. The summed E-state index contributed by atoms with van der Waals surface area (Å²) >= 11 is 0. The van der Waals surface area contributed by atoms with E-state index in [2.05, 4.69) is 16.8 Å². The van der Waals surface area contributed by atoms with E-state index < -0.39 is 5.54 Å². The van der Waals surface area contributed by atoms with Crippen LogP contribution in [0.15, 0.2) is 0 Å². The number of carbonyl (C=O) groups excluding carboxylic acids is 1. The summed E-state index contributed by atoms with van der Waals surface area (Å²) in [6.07, 6.45) is 7.85. The maximum Gasteiger partial charge on any atom is 0.237 e. The molecule has 0 aromatic carbocycles. The molecule has 120 valence electrons. The number of carbonyl (C=O) groups is 1. The first-order chi connectivity index (χ1) is 10.0. The first-order valence-corrected chi connectivity index (χ1v) is 8.54. The molecule has 3 fully saturated rings. The molecule has 1 aliphatic carbocycles. The molecule has 4 N–H and O–H groups in total. The van der Waals surface area contributed by atoms with Gasteiger partial charge in [-0.3, -0.25) is 9.69 Å². The maximum absolute atomic E-state index is 11.7. The van der Waals surface area contributed by atoms with Crippen LogP contribution >= 0.6 is 0 Å². The van der Waals surface area contributed by atoms with Crippen LogP contribution < -0.4 is 11.5 Å². The lowest BCUT2D eigenvalue weighted by Gasteiger charge is -2.31. The van der Waals surface area contributed by atoms with Gasteiger partial charge in [-0.25, -0.2) is 0 Å². The van der Waals surface area contributed by atoms with Crippen LogP contribution in [-0.2, 0) is 4.79 Å². The quantitative estimate of drug-likeness (QED) is 0.793. The van der Waals surface area contributed by atoms with E-state index in [-0.39, 0.29) is 11.8 Å². The molecule has 0 spiro atoms. The van der Waals surface area contributed by atoms with Gasteiger partial charge in [-0.15, -0.1) is 0 Å². The second-order valence-electron chi connectivity index (χ2n) is 7.42. The van der Waals surface area contributed by atoms with E-state index in [0.29, 0.717) is 0 Å². The maximum atomic E-state index is 11.7. The summed E-state index contributed by atoms with van der Waals surface area (Å²) in [5, 5.41) is 0. The van der Waals surface area contributed by atoms with Crippen molar-refractivity contribution in [2.45, 2.75) is 62.6 Å². The fraction of sp³-hybridized carbons (Fsp3) is 0.938. The minimum atomic E-state index is -0.748. The first-order valence-electron chi connectivity index (χ1n) is 8.54. The highest BCUT2D eigenvalue weighted by atomic mass is 16.1. The van der Waals surface area contributed by atoms with Crippen molar-refractivity contribution in [2.24, 2.45) is 17.4 Å². The van der Waals surface area contributed by atoms with Crippen molar-refractivity contribution in [3.8, 4) is 0 Å². The van der Waals surface area contributed by atoms with Crippen molar-refractivity contribution in [2.75, 3.05) is 26.7 Å². The number of hydrogen-bond donors (Lipinski definition) is 2. The number of amides is 1. The van der Waals surface area contributed by atoms with Crippen molar-refractivity contribution in [3.05, 3.63) is 0 Å². The Bertz CT molecular complexity index is 402. The predicted octanol–water partition coefficient (Wildman–Crippen LogP) is 0.528. The average Bonchev–Trinajstić information content (AvgIpc) is 2.91. The molecule has 2 saturated heterocycles. The van der Waals surface area contributed by atoms with Gasteiger partial charge in [-0.05, 0) is 64.6 Å². The van der Waals surface area contributed by atoms with Gasteiger partial charge < -0.3 is 16.4 Å². The molecule has 1 saturated carbocycles. The molecule has 1 amide bonds. The van der Waals surface area contributed by atoms with Crippen molar-refractivity contribution in [3.63, 3.8) is 0 Å². The van der Waals surface area contributed by atoms with E-state index in [4.69, 9.17) is 11.5 Å². The summed E-state index contributed by atoms with van der Waals surface area (Å²) in [5.74, 6) is -0.0344. The molecular formula is C16H30N4O. The smallest absolute Gasteiger partial charge is 0.237 e. The Labute approximate surface area is 128 Å². The molecule has 0 aromatic rings. The summed E-state index contributed by atoms with van der Waals surface area (Å²) < 4.78 is 0. The van der Waals surface area contributed by atoms with Gasteiger partial charge in [0.2, 0.25) is 5.91 Å². The Morgan fingerprint density at radius 3 is 2.76 bits per heavy atom. The number of rotatable bonds is 4. The number of likely N-dealkylation sites (N-methyl/N-ethyl adjacent to an activating group) is 1. The predicted molar refractivity (Wildman–Crippen MR) is 83.7 cm³/mol. The number of primary amides is 1. The molecule has 0 radical (unpaired) electrons. The molecule has 2 bridgehead atoms. The fourth-order valence-electron chi connectivity index (χ4n) is 4.75. The minimum absolute atomic E-state index is 0.271. The SMILES string of the molecule is CN1C2CCC1CN(CCC1CCCC1(N)C(N)=O)CC2. The highest BCUT2D eigenvalue weighted by Gasteiger charge is 2.44. The van der Waals surface area contributed by atoms with Crippen molar-refractivity contribution >= 4 is 5.91 Å². The van der Waals surface area contributed by atoms with E-state index in [0.717, 1.165) is 44.3 Å². The number of nitrogens with zero attached hydrogens (tertiary/aromatic N) is 2. The second-order valence-corrected chi connectivity index (χ2v) is 7.42. The molecule has 4 unspecified atom stereocenters. The molecule has 21 heavy (non-hydrogen) atoms. The largest absolute Gasteiger partial charge is 0.368 e. The van der Waals surface area contributed by atoms with Crippen LogP contribution in [0, 0.1) is 5.92 Å². The van der Waals surface area contributed by atoms with Crippen molar-refractivity contribution in [1.82, 2.24) is 9.80 Å². The number of nitrogens with two attached hydrogens (primary N) is 2. The van der Waals surface area contributed by atoms with Gasteiger partial charge in [-0.1, -0.05) is 6.42 Å². The van der Waals surface area contributed by atoms with Crippen molar-refractivity contribution in [1.29, 1.82) is 0 Å². The lowest BCUT2D eigenvalue weighted by Crippen LogP contribution is -2.55.